The van der Waals surface area contributed by atoms with E-state index < -0.39 is 0 Å². The van der Waals surface area contributed by atoms with Gasteiger partial charge in [-0.25, -0.2) is 9.37 Å². The minimum atomic E-state index is -0.254. The van der Waals surface area contributed by atoms with Gasteiger partial charge in [-0.2, -0.15) is 0 Å². The second-order valence-corrected chi connectivity index (χ2v) is 10.4. The molecule has 0 radical (unpaired) electrons. The van der Waals surface area contributed by atoms with Gasteiger partial charge >= 0.3 is 0 Å². The van der Waals surface area contributed by atoms with E-state index in [0.717, 1.165) is 54.7 Å². The van der Waals surface area contributed by atoms with Crippen molar-refractivity contribution < 1.29 is 13.9 Å². The lowest BCUT2D eigenvalue weighted by Gasteiger charge is -2.42. The van der Waals surface area contributed by atoms with Crippen LogP contribution in [0.5, 0.6) is 11.5 Å². The van der Waals surface area contributed by atoms with Gasteiger partial charge in [0.25, 0.3) is 0 Å². The monoisotopic (exact) mass is 478 g/mol. The van der Waals surface area contributed by atoms with Gasteiger partial charge in [-0.1, -0.05) is 0 Å². The number of aromatic amines is 1. The van der Waals surface area contributed by atoms with E-state index in [-0.39, 0.29) is 5.82 Å². The zero-order valence-electron chi connectivity index (χ0n) is 20.7. The number of hydrogen-bond donors (Lipinski definition) is 1. The van der Waals surface area contributed by atoms with Crippen molar-refractivity contribution >= 4 is 11.0 Å². The third-order valence-electron chi connectivity index (χ3n) is 8.30. The number of imidazole rings is 1. The zero-order chi connectivity index (χ0) is 23.9. The number of methoxy groups -OCH3 is 2. The normalized spacial score (nSPS) is 21.0. The summed E-state index contributed by atoms with van der Waals surface area (Å²) in [5.74, 6) is 2.04. The second kappa shape index (κ2) is 9.43. The number of H-pyrrole nitrogens is 1. The molecule has 0 bridgehead atoms. The topological polar surface area (TPSA) is 53.6 Å². The number of piperidine rings is 2. The number of likely N-dealkylation sites (tertiary alicyclic amines) is 2. The van der Waals surface area contributed by atoms with Gasteiger partial charge in [0.1, 0.15) is 11.3 Å². The molecule has 35 heavy (non-hydrogen) atoms. The molecule has 2 saturated heterocycles. The predicted octanol–water partition coefficient (Wildman–Crippen LogP) is 5.19. The van der Waals surface area contributed by atoms with Gasteiger partial charge in [-0.15, -0.1) is 0 Å². The summed E-state index contributed by atoms with van der Waals surface area (Å²) in [6.45, 7) is 4.75. The number of nitrogens with one attached hydrogen (secondary N) is 1. The van der Waals surface area contributed by atoms with Crippen LogP contribution < -0.4 is 9.47 Å². The molecular weight excluding hydrogens is 443 g/mol. The molecule has 1 aromatic heterocycles. The summed E-state index contributed by atoms with van der Waals surface area (Å²) in [4.78, 5) is 13.3. The van der Waals surface area contributed by atoms with Gasteiger partial charge in [0.15, 0.2) is 17.3 Å². The van der Waals surface area contributed by atoms with Gasteiger partial charge in [-0.05, 0) is 107 Å². The number of nitrogens with zero attached hydrogens (tertiary/aromatic N) is 3. The summed E-state index contributed by atoms with van der Waals surface area (Å²) < 4.78 is 25.9. The van der Waals surface area contributed by atoms with E-state index in [0.29, 0.717) is 28.8 Å². The number of hydrogen-bond acceptors (Lipinski definition) is 5. The van der Waals surface area contributed by atoms with Crippen LogP contribution in [0.2, 0.25) is 0 Å². The molecule has 1 saturated carbocycles. The highest BCUT2D eigenvalue weighted by Gasteiger charge is 2.34. The van der Waals surface area contributed by atoms with E-state index in [9.17, 15) is 0 Å². The highest BCUT2D eigenvalue weighted by Crippen LogP contribution is 2.36. The number of benzene rings is 2. The summed E-state index contributed by atoms with van der Waals surface area (Å²) in [7, 11) is 3.21. The number of rotatable bonds is 6. The maximum Gasteiger partial charge on any atom is 0.161 e. The van der Waals surface area contributed by atoms with Crippen LogP contribution in [-0.2, 0) is 0 Å². The Labute approximate surface area is 206 Å². The van der Waals surface area contributed by atoms with E-state index in [1.54, 1.807) is 20.3 Å². The van der Waals surface area contributed by atoms with Crippen molar-refractivity contribution in [3.05, 3.63) is 41.7 Å². The fraction of sp³-hybridized carbons (Fsp3) is 0.536. The summed E-state index contributed by atoms with van der Waals surface area (Å²) in [6.07, 6.45) is 7.59. The molecule has 3 fully saturated rings. The largest absolute Gasteiger partial charge is 0.493 e. The summed E-state index contributed by atoms with van der Waals surface area (Å²) >= 11 is 0. The van der Waals surface area contributed by atoms with Crippen molar-refractivity contribution in [2.24, 2.45) is 0 Å². The van der Waals surface area contributed by atoms with Crippen molar-refractivity contribution in [1.82, 2.24) is 19.8 Å². The molecule has 0 unspecified atom stereocenters. The first-order valence-corrected chi connectivity index (χ1v) is 13.0. The second-order valence-electron chi connectivity index (χ2n) is 10.4. The standard InChI is InChI=1S/C28H35FN4O2/c1-34-25-6-3-19(17-26(25)35-2)28-30-24-16-20(15-23(29)27(24)31-28)18-7-11-32(12-8-18)22-9-13-33(14-10-22)21-4-5-21/h3,6,15-18,21-22H,4-5,7-14H2,1-2H3,(H,30,31). The quantitative estimate of drug-likeness (QED) is 0.528. The number of fused-ring (bicyclic) bond motifs is 1. The Hall–Kier alpha value is -2.64. The van der Waals surface area contributed by atoms with Crippen LogP contribution in [0.1, 0.15) is 50.0 Å². The van der Waals surface area contributed by atoms with Gasteiger partial charge < -0.3 is 24.3 Å². The molecular formula is C28H35FN4O2. The summed E-state index contributed by atoms with van der Waals surface area (Å²) in [5.41, 5.74) is 3.06. The first-order valence-electron chi connectivity index (χ1n) is 13.0. The van der Waals surface area contributed by atoms with Gasteiger partial charge in [-0.3, -0.25) is 0 Å². The van der Waals surface area contributed by atoms with E-state index in [1.807, 2.05) is 18.2 Å². The molecule has 2 aliphatic heterocycles. The van der Waals surface area contributed by atoms with Crippen LogP contribution in [0.4, 0.5) is 4.39 Å². The Morgan fingerprint density at radius 3 is 2.14 bits per heavy atom. The molecule has 7 heteroatoms. The van der Waals surface area contributed by atoms with Gasteiger partial charge in [0.05, 0.1) is 19.7 Å². The molecule has 1 aliphatic carbocycles. The molecule has 0 spiro atoms. The molecule has 0 atom stereocenters. The number of ether oxygens (including phenoxy) is 2. The maximum atomic E-state index is 15.1. The van der Waals surface area contributed by atoms with E-state index in [1.165, 1.54) is 38.8 Å². The lowest BCUT2D eigenvalue weighted by Crippen LogP contribution is -2.47. The lowest BCUT2D eigenvalue weighted by atomic mass is 9.87. The summed E-state index contributed by atoms with van der Waals surface area (Å²) in [6, 6.07) is 11.0. The first-order chi connectivity index (χ1) is 17.1. The molecule has 3 aliphatic rings. The smallest absolute Gasteiger partial charge is 0.161 e. The van der Waals surface area contributed by atoms with Crippen molar-refractivity contribution in [1.29, 1.82) is 0 Å². The van der Waals surface area contributed by atoms with Crippen LogP contribution in [0.3, 0.4) is 0 Å². The lowest BCUT2D eigenvalue weighted by molar-refractivity contribution is 0.0844. The number of halogens is 1. The van der Waals surface area contributed by atoms with Crippen molar-refractivity contribution in [2.45, 2.75) is 56.5 Å². The fourth-order valence-corrected chi connectivity index (χ4v) is 6.11. The third kappa shape index (κ3) is 4.52. The van der Waals surface area contributed by atoms with E-state index >= 15 is 4.39 Å². The summed E-state index contributed by atoms with van der Waals surface area (Å²) in [5, 5.41) is 0. The highest BCUT2D eigenvalue weighted by molar-refractivity contribution is 5.81. The molecule has 6 rings (SSSR count). The third-order valence-corrected chi connectivity index (χ3v) is 8.30. The van der Waals surface area contributed by atoms with E-state index in [4.69, 9.17) is 9.47 Å². The first kappa shape index (κ1) is 22.8. The molecule has 3 aromatic rings. The molecule has 6 nitrogen and oxygen atoms in total. The Morgan fingerprint density at radius 1 is 0.829 bits per heavy atom. The fourth-order valence-electron chi connectivity index (χ4n) is 6.11. The minimum Gasteiger partial charge on any atom is -0.493 e. The van der Waals surface area contributed by atoms with Crippen LogP contribution in [-0.4, -0.2) is 72.3 Å². The SMILES string of the molecule is COc1ccc(-c2nc3c(F)cc(C4CCN(C5CCN(C6CC6)CC5)CC4)cc3[nH]2)cc1OC. The highest BCUT2D eigenvalue weighted by atomic mass is 19.1. The van der Waals surface area contributed by atoms with Crippen LogP contribution in [0.25, 0.3) is 22.4 Å². The Bertz CT molecular complexity index is 1190. The number of aromatic nitrogens is 2. The van der Waals surface area contributed by atoms with E-state index in [2.05, 4.69) is 25.8 Å². The molecule has 1 N–H and O–H groups in total. The zero-order valence-corrected chi connectivity index (χ0v) is 20.7. The Kier molecular flexibility index (Phi) is 6.14. The minimum absolute atomic E-state index is 0.254. The molecule has 3 heterocycles. The molecule has 0 amide bonds. The molecule has 2 aromatic carbocycles. The average molecular weight is 479 g/mol. The van der Waals surface area contributed by atoms with Crippen molar-refractivity contribution in [3.8, 4) is 22.9 Å². The van der Waals surface area contributed by atoms with Crippen molar-refractivity contribution in [3.63, 3.8) is 0 Å². The Morgan fingerprint density at radius 2 is 1.49 bits per heavy atom. The van der Waals surface area contributed by atoms with Crippen molar-refractivity contribution in [2.75, 3.05) is 40.4 Å². The van der Waals surface area contributed by atoms with Crippen LogP contribution >= 0.6 is 0 Å². The van der Waals surface area contributed by atoms with Gasteiger partial charge in [0, 0.05) is 17.6 Å². The average Bonchev–Trinajstić information content (AvgIpc) is 3.67. The maximum absolute atomic E-state index is 15.1. The predicted molar refractivity (Wildman–Crippen MR) is 136 cm³/mol. The van der Waals surface area contributed by atoms with Gasteiger partial charge in [0.2, 0.25) is 0 Å². The van der Waals surface area contributed by atoms with Crippen LogP contribution in [0.15, 0.2) is 30.3 Å². The Balaban J connectivity index is 1.15. The van der Waals surface area contributed by atoms with Crippen LogP contribution in [0, 0.1) is 5.82 Å². The molecule has 186 valence electrons.